The molecular weight excluding hydrogens is 262 g/mol. The van der Waals surface area contributed by atoms with Gasteiger partial charge in [0.15, 0.2) is 0 Å². The van der Waals surface area contributed by atoms with Gasteiger partial charge >= 0.3 is 0 Å². The number of rotatable bonds is 9. The maximum absolute atomic E-state index is 11.2. The summed E-state index contributed by atoms with van der Waals surface area (Å²) in [6.07, 6.45) is 7.52. The van der Waals surface area contributed by atoms with E-state index >= 15 is 0 Å². The normalized spacial score (nSPS) is 20.6. The predicted molar refractivity (Wildman–Crippen MR) is 79.2 cm³/mol. The first kappa shape index (κ1) is 16.9. The van der Waals surface area contributed by atoms with Crippen molar-refractivity contribution in [3.05, 3.63) is 0 Å². The molecule has 1 N–H and O–H groups in total. The van der Waals surface area contributed by atoms with Crippen LogP contribution < -0.4 is 5.32 Å². The third-order valence-electron chi connectivity index (χ3n) is 3.98. The highest BCUT2D eigenvalue weighted by Crippen LogP contribution is 2.37. The zero-order valence-corrected chi connectivity index (χ0v) is 13.4. The summed E-state index contributed by atoms with van der Waals surface area (Å²) in [5.41, 5.74) is -0.0672. The van der Waals surface area contributed by atoms with E-state index in [1.54, 1.807) is 0 Å². The quantitative estimate of drug-likeness (QED) is 0.707. The molecule has 0 amide bonds. The standard InChI is InChI=1S/C14H29NO3S/c1-4-15-13(9-8-12-19(3,16)17)14(18-5-2)10-6-7-11-14/h13,15H,4-12H2,1-3H3. The zero-order chi connectivity index (χ0) is 14.4. The van der Waals surface area contributed by atoms with Crippen LogP contribution in [0.4, 0.5) is 0 Å². The fourth-order valence-electron chi connectivity index (χ4n) is 3.20. The van der Waals surface area contributed by atoms with Crippen molar-refractivity contribution in [1.29, 1.82) is 0 Å². The summed E-state index contributed by atoms with van der Waals surface area (Å²) in [6, 6.07) is 0.279. The molecule has 114 valence electrons. The molecule has 1 unspecified atom stereocenters. The SMILES string of the molecule is CCNC(CCCS(C)(=O)=O)C1(OCC)CCCC1. The molecule has 0 aromatic rings. The van der Waals surface area contributed by atoms with Gasteiger partial charge in [0.25, 0.3) is 0 Å². The first-order valence-corrected chi connectivity index (χ1v) is 9.54. The van der Waals surface area contributed by atoms with E-state index in [0.29, 0.717) is 6.42 Å². The van der Waals surface area contributed by atoms with E-state index in [0.717, 1.165) is 32.4 Å². The van der Waals surface area contributed by atoms with Gasteiger partial charge in [0.05, 0.1) is 5.60 Å². The van der Waals surface area contributed by atoms with Crippen LogP contribution in [0.1, 0.15) is 52.4 Å². The number of nitrogens with one attached hydrogen (secondary N) is 1. The number of sulfone groups is 1. The highest BCUT2D eigenvalue weighted by Gasteiger charge is 2.41. The maximum Gasteiger partial charge on any atom is 0.147 e. The molecule has 0 aromatic carbocycles. The van der Waals surface area contributed by atoms with Crippen LogP contribution in [0.15, 0.2) is 0 Å². The highest BCUT2D eigenvalue weighted by atomic mass is 32.2. The van der Waals surface area contributed by atoms with Crippen LogP contribution in [0.25, 0.3) is 0 Å². The molecule has 1 fully saturated rings. The lowest BCUT2D eigenvalue weighted by Crippen LogP contribution is -2.51. The molecule has 0 aliphatic heterocycles. The van der Waals surface area contributed by atoms with E-state index in [4.69, 9.17) is 4.74 Å². The van der Waals surface area contributed by atoms with E-state index in [1.165, 1.54) is 19.1 Å². The Bertz CT molecular complexity index is 348. The second-order valence-corrected chi connectivity index (χ2v) is 7.85. The van der Waals surface area contributed by atoms with Crippen molar-refractivity contribution < 1.29 is 13.2 Å². The molecule has 1 aliphatic carbocycles. The number of likely N-dealkylation sites (N-methyl/N-ethyl adjacent to an activating group) is 1. The Morgan fingerprint density at radius 2 is 1.89 bits per heavy atom. The molecule has 0 saturated heterocycles. The fraction of sp³-hybridized carbons (Fsp3) is 1.00. The van der Waals surface area contributed by atoms with Gasteiger partial charge in [-0.3, -0.25) is 0 Å². The summed E-state index contributed by atoms with van der Waals surface area (Å²) in [7, 11) is -2.86. The molecule has 4 nitrogen and oxygen atoms in total. The van der Waals surface area contributed by atoms with Crippen molar-refractivity contribution in [2.45, 2.75) is 64.0 Å². The Morgan fingerprint density at radius 3 is 2.37 bits per heavy atom. The van der Waals surface area contributed by atoms with Gasteiger partial charge in [-0.2, -0.15) is 0 Å². The van der Waals surface area contributed by atoms with Crippen LogP contribution in [-0.2, 0) is 14.6 Å². The zero-order valence-electron chi connectivity index (χ0n) is 12.6. The van der Waals surface area contributed by atoms with E-state index < -0.39 is 9.84 Å². The Labute approximate surface area is 118 Å². The summed E-state index contributed by atoms with van der Waals surface area (Å²) in [5, 5.41) is 3.52. The van der Waals surface area contributed by atoms with Crippen molar-refractivity contribution in [3.8, 4) is 0 Å². The summed E-state index contributed by atoms with van der Waals surface area (Å²) in [4.78, 5) is 0. The van der Waals surface area contributed by atoms with Crippen LogP contribution in [0.3, 0.4) is 0 Å². The second-order valence-electron chi connectivity index (χ2n) is 5.59. The molecule has 1 atom stereocenters. The molecule has 1 rings (SSSR count). The average molecular weight is 291 g/mol. The summed E-state index contributed by atoms with van der Waals surface area (Å²) >= 11 is 0. The molecule has 1 aliphatic rings. The van der Waals surface area contributed by atoms with Gasteiger partial charge in [-0.25, -0.2) is 8.42 Å². The molecule has 0 heterocycles. The van der Waals surface area contributed by atoms with Crippen molar-refractivity contribution >= 4 is 9.84 Å². The van der Waals surface area contributed by atoms with Gasteiger partial charge in [0.2, 0.25) is 0 Å². The third-order valence-corrected chi connectivity index (χ3v) is 5.01. The van der Waals surface area contributed by atoms with E-state index in [2.05, 4.69) is 12.2 Å². The third kappa shape index (κ3) is 5.40. The van der Waals surface area contributed by atoms with Crippen molar-refractivity contribution in [1.82, 2.24) is 5.32 Å². The van der Waals surface area contributed by atoms with Crippen molar-refractivity contribution in [2.24, 2.45) is 0 Å². The lowest BCUT2D eigenvalue weighted by molar-refractivity contribution is -0.0629. The van der Waals surface area contributed by atoms with Crippen LogP contribution in [0, 0.1) is 0 Å². The first-order chi connectivity index (χ1) is 8.93. The van der Waals surface area contributed by atoms with E-state index in [-0.39, 0.29) is 17.4 Å². The smallest absolute Gasteiger partial charge is 0.147 e. The predicted octanol–water partition coefficient (Wildman–Crippen LogP) is 2.14. The molecule has 19 heavy (non-hydrogen) atoms. The van der Waals surface area contributed by atoms with Crippen LogP contribution in [0.2, 0.25) is 0 Å². The largest absolute Gasteiger partial charge is 0.374 e. The maximum atomic E-state index is 11.2. The van der Waals surface area contributed by atoms with Gasteiger partial charge in [-0.1, -0.05) is 19.8 Å². The summed E-state index contributed by atoms with van der Waals surface area (Å²) in [6.45, 7) is 5.77. The van der Waals surface area contributed by atoms with E-state index in [1.807, 2.05) is 6.92 Å². The van der Waals surface area contributed by atoms with Gasteiger partial charge in [-0.05, 0) is 39.2 Å². The second kappa shape index (κ2) is 7.60. The lowest BCUT2D eigenvalue weighted by Gasteiger charge is -2.38. The Morgan fingerprint density at radius 1 is 1.26 bits per heavy atom. The van der Waals surface area contributed by atoms with Crippen molar-refractivity contribution in [2.75, 3.05) is 25.2 Å². The summed E-state index contributed by atoms with van der Waals surface area (Å²) in [5.74, 6) is 0.275. The lowest BCUT2D eigenvalue weighted by atomic mass is 9.88. The van der Waals surface area contributed by atoms with Crippen LogP contribution >= 0.6 is 0 Å². The average Bonchev–Trinajstić information content (AvgIpc) is 2.76. The Balaban J connectivity index is 2.63. The topological polar surface area (TPSA) is 55.4 Å². The van der Waals surface area contributed by atoms with Gasteiger partial charge in [0.1, 0.15) is 9.84 Å². The van der Waals surface area contributed by atoms with Crippen LogP contribution in [0.5, 0.6) is 0 Å². The van der Waals surface area contributed by atoms with Gasteiger partial charge < -0.3 is 10.1 Å². The number of hydrogen-bond donors (Lipinski definition) is 1. The molecule has 5 heteroatoms. The molecule has 0 spiro atoms. The Hall–Kier alpha value is -0.130. The van der Waals surface area contributed by atoms with Crippen molar-refractivity contribution in [3.63, 3.8) is 0 Å². The molecule has 0 radical (unpaired) electrons. The molecular formula is C14H29NO3S. The number of hydrogen-bond acceptors (Lipinski definition) is 4. The van der Waals surface area contributed by atoms with E-state index in [9.17, 15) is 8.42 Å². The van der Waals surface area contributed by atoms with Crippen LogP contribution in [-0.4, -0.2) is 45.2 Å². The van der Waals surface area contributed by atoms with Gasteiger partial charge in [0, 0.05) is 24.7 Å². The molecule has 0 aromatic heterocycles. The minimum atomic E-state index is -2.86. The highest BCUT2D eigenvalue weighted by molar-refractivity contribution is 7.90. The minimum absolute atomic E-state index is 0.0672. The fourth-order valence-corrected chi connectivity index (χ4v) is 3.89. The molecule has 0 bridgehead atoms. The Kier molecular flexibility index (Phi) is 6.77. The monoisotopic (exact) mass is 291 g/mol. The molecule has 1 saturated carbocycles. The first-order valence-electron chi connectivity index (χ1n) is 7.48. The van der Waals surface area contributed by atoms with Gasteiger partial charge in [-0.15, -0.1) is 0 Å². The summed E-state index contributed by atoms with van der Waals surface area (Å²) < 4.78 is 28.6. The minimum Gasteiger partial charge on any atom is -0.374 e. The number of ether oxygens (including phenoxy) is 1.